The van der Waals surface area contributed by atoms with Crippen LogP contribution in [-0.2, 0) is 10.0 Å². The molecule has 1 aliphatic rings. The van der Waals surface area contributed by atoms with Crippen LogP contribution in [0.2, 0.25) is 0 Å². The average Bonchev–Trinajstić information content (AvgIpc) is 3.59. The average molecular weight is 516 g/mol. The molecular formula is C26H25N7O3S. The highest BCUT2D eigenvalue weighted by atomic mass is 32.2. The maximum Gasteiger partial charge on any atom is 0.269 e. The van der Waals surface area contributed by atoms with E-state index in [2.05, 4.69) is 25.5 Å². The van der Waals surface area contributed by atoms with E-state index >= 15 is 0 Å². The number of anilines is 1. The largest absolute Gasteiger partial charge is 0.393 e. The van der Waals surface area contributed by atoms with Crippen molar-refractivity contribution in [3.8, 4) is 22.4 Å². The normalized spacial score (nSPS) is 18.2. The maximum atomic E-state index is 13.6. The quantitative estimate of drug-likeness (QED) is 0.310. The van der Waals surface area contributed by atoms with E-state index in [-0.39, 0.29) is 17.0 Å². The summed E-state index contributed by atoms with van der Waals surface area (Å²) in [7, 11) is -3.91. The fourth-order valence-corrected chi connectivity index (χ4v) is 6.08. The van der Waals surface area contributed by atoms with Gasteiger partial charge in [-0.15, -0.1) is 0 Å². The van der Waals surface area contributed by atoms with Gasteiger partial charge in [0.15, 0.2) is 5.65 Å². The minimum atomic E-state index is -3.91. The number of aliphatic hydroxyl groups excluding tert-OH is 1. The number of pyridine rings is 1. The van der Waals surface area contributed by atoms with E-state index in [1.807, 2.05) is 6.07 Å². The Morgan fingerprint density at radius 1 is 1.00 bits per heavy atom. The highest BCUT2D eigenvalue weighted by Crippen LogP contribution is 2.34. The molecule has 0 atom stereocenters. The first kappa shape index (κ1) is 23.3. The Kier molecular flexibility index (Phi) is 5.93. The van der Waals surface area contributed by atoms with Gasteiger partial charge in [-0.1, -0.05) is 18.2 Å². The predicted molar refractivity (Wildman–Crippen MR) is 139 cm³/mol. The van der Waals surface area contributed by atoms with E-state index in [1.165, 1.54) is 3.97 Å². The second-order valence-corrected chi connectivity index (χ2v) is 11.0. The van der Waals surface area contributed by atoms with Crippen LogP contribution < -0.4 is 5.32 Å². The number of nitrogens with zero attached hydrogens (tertiary/aromatic N) is 5. The predicted octanol–water partition coefficient (Wildman–Crippen LogP) is 3.84. The zero-order valence-electron chi connectivity index (χ0n) is 19.8. The van der Waals surface area contributed by atoms with Crippen molar-refractivity contribution in [1.82, 2.24) is 29.1 Å². The Morgan fingerprint density at radius 3 is 2.57 bits per heavy atom. The minimum Gasteiger partial charge on any atom is -0.393 e. The van der Waals surface area contributed by atoms with Crippen LogP contribution in [0.1, 0.15) is 25.7 Å². The molecule has 1 aromatic carbocycles. The molecule has 0 unspecified atom stereocenters. The summed E-state index contributed by atoms with van der Waals surface area (Å²) in [5.41, 5.74) is 3.05. The van der Waals surface area contributed by atoms with Crippen LogP contribution in [0, 0.1) is 0 Å². The van der Waals surface area contributed by atoms with Gasteiger partial charge in [0.1, 0.15) is 5.82 Å². The standard InChI is InChI=1S/C26H25N7O3S/c34-20-8-6-19(7-9-20)31-25-15-27-14-24(32-25)23-16-33(37(35,36)21-4-2-1-3-5-21)26-22(23)10-17(11-28-26)18-12-29-30-13-18/h1-5,10-16,19-20,34H,6-9H2,(H,29,30)(H,31,32). The van der Waals surface area contributed by atoms with Crippen molar-refractivity contribution in [3.05, 3.63) is 73.6 Å². The highest BCUT2D eigenvalue weighted by molar-refractivity contribution is 7.90. The van der Waals surface area contributed by atoms with E-state index in [9.17, 15) is 13.5 Å². The molecule has 0 aliphatic heterocycles. The molecule has 6 rings (SSSR count). The molecular weight excluding hydrogens is 490 g/mol. The number of hydrogen-bond donors (Lipinski definition) is 3. The monoisotopic (exact) mass is 515 g/mol. The molecule has 4 aromatic heterocycles. The number of aliphatic hydroxyl groups is 1. The van der Waals surface area contributed by atoms with Crippen molar-refractivity contribution >= 4 is 26.9 Å². The summed E-state index contributed by atoms with van der Waals surface area (Å²) < 4.78 is 28.4. The van der Waals surface area contributed by atoms with Crippen molar-refractivity contribution in [2.45, 2.75) is 42.7 Å². The molecule has 0 radical (unpaired) electrons. The van der Waals surface area contributed by atoms with E-state index in [0.717, 1.165) is 36.8 Å². The van der Waals surface area contributed by atoms with Crippen LogP contribution in [0.5, 0.6) is 0 Å². The van der Waals surface area contributed by atoms with E-state index in [4.69, 9.17) is 4.98 Å². The molecule has 0 saturated heterocycles. The molecule has 1 saturated carbocycles. The van der Waals surface area contributed by atoms with Gasteiger partial charge in [-0.05, 0) is 43.9 Å². The fraction of sp³-hybridized carbons (Fsp3) is 0.231. The summed E-state index contributed by atoms with van der Waals surface area (Å²) in [6, 6.07) is 10.4. The summed E-state index contributed by atoms with van der Waals surface area (Å²) >= 11 is 0. The van der Waals surface area contributed by atoms with Gasteiger partial charge in [-0.3, -0.25) is 10.1 Å². The maximum absolute atomic E-state index is 13.6. The Bertz CT molecular complexity index is 1640. The number of rotatable bonds is 6. The number of hydrogen-bond acceptors (Lipinski definition) is 8. The van der Waals surface area contributed by atoms with E-state index in [1.54, 1.807) is 67.5 Å². The van der Waals surface area contributed by atoms with Crippen molar-refractivity contribution in [2.75, 3.05) is 5.32 Å². The topological polar surface area (TPSA) is 139 Å². The lowest BCUT2D eigenvalue weighted by atomic mass is 9.93. The molecule has 0 spiro atoms. The fourth-order valence-electron chi connectivity index (χ4n) is 4.73. The molecule has 5 aromatic rings. The third kappa shape index (κ3) is 4.47. The lowest BCUT2D eigenvalue weighted by molar-refractivity contribution is 0.126. The van der Waals surface area contributed by atoms with Gasteiger partial charge < -0.3 is 10.4 Å². The van der Waals surface area contributed by atoms with Gasteiger partial charge in [0, 0.05) is 46.7 Å². The SMILES string of the molecule is O=S(=O)(c1ccccc1)n1cc(-c2cncc(NC3CCC(O)CC3)n2)c2cc(-c3cn[nH]c3)cnc21. The Labute approximate surface area is 213 Å². The Balaban J connectivity index is 1.47. The summed E-state index contributed by atoms with van der Waals surface area (Å²) in [5, 5.41) is 20.7. The zero-order chi connectivity index (χ0) is 25.4. The molecule has 3 N–H and O–H groups in total. The van der Waals surface area contributed by atoms with E-state index in [0.29, 0.717) is 28.1 Å². The van der Waals surface area contributed by atoms with E-state index < -0.39 is 10.0 Å². The third-order valence-electron chi connectivity index (χ3n) is 6.70. The summed E-state index contributed by atoms with van der Waals surface area (Å²) in [6.07, 6.45) is 12.9. The molecule has 1 aliphatic carbocycles. The number of aromatic amines is 1. The molecule has 37 heavy (non-hydrogen) atoms. The first-order valence-corrected chi connectivity index (χ1v) is 13.5. The van der Waals surface area contributed by atoms with Gasteiger partial charge in [0.05, 0.1) is 35.3 Å². The molecule has 4 heterocycles. The third-order valence-corrected chi connectivity index (χ3v) is 8.37. The molecule has 11 heteroatoms. The first-order chi connectivity index (χ1) is 18.0. The second-order valence-electron chi connectivity index (χ2n) is 9.18. The number of aromatic nitrogens is 6. The molecule has 0 amide bonds. The van der Waals surface area contributed by atoms with Crippen LogP contribution in [0.15, 0.2) is 78.5 Å². The van der Waals surface area contributed by atoms with Crippen molar-refractivity contribution in [3.63, 3.8) is 0 Å². The van der Waals surface area contributed by atoms with Crippen LogP contribution in [0.4, 0.5) is 5.82 Å². The van der Waals surface area contributed by atoms with Gasteiger partial charge >= 0.3 is 0 Å². The summed E-state index contributed by atoms with van der Waals surface area (Å²) in [4.78, 5) is 13.9. The van der Waals surface area contributed by atoms with Crippen LogP contribution in [0.3, 0.4) is 0 Å². The minimum absolute atomic E-state index is 0.167. The summed E-state index contributed by atoms with van der Waals surface area (Å²) in [6.45, 7) is 0. The van der Waals surface area contributed by atoms with Gasteiger partial charge in [-0.25, -0.2) is 22.4 Å². The first-order valence-electron chi connectivity index (χ1n) is 12.1. The van der Waals surface area contributed by atoms with Gasteiger partial charge in [0.2, 0.25) is 0 Å². The lowest BCUT2D eigenvalue weighted by Crippen LogP contribution is -2.28. The molecule has 188 valence electrons. The lowest BCUT2D eigenvalue weighted by Gasteiger charge is -2.26. The van der Waals surface area contributed by atoms with Crippen LogP contribution in [0.25, 0.3) is 33.4 Å². The number of nitrogens with one attached hydrogen (secondary N) is 2. The zero-order valence-corrected chi connectivity index (χ0v) is 20.6. The van der Waals surface area contributed by atoms with Crippen molar-refractivity contribution in [1.29, 1.82) is 0 Å². The molecule has 0 bridgehead atoms. The number of fused-ring (bicyclic) bond motifs is 1. The molecule has 1 fully saturated rings. The van der Waals surface area contributed by atoms with Gasteiger partial charge in [-0.2, -0.15) is 5.10 Å². The smallest absolute Gasteiger partial charge is 0.269 e. The summed E-state index contributed by atoms with van der Waals surface area (Å²) in [5.74, 6) is 0.602. The van der Waals surface area contributed by atoms with Crippen LogP contribution in [-0.4, -0.2) is 54.8 Å². The second kappa shape index (κ2) is 9.41. The number of H-pyrrole nitrogens is 1. The molecule has 10 nitrogen and oxygen atoms in total. The Hall–Kier alpha value is -4.09. The van der Waals surface area contributed by atoms with Crippen molar-refractivity contribution in [2.24, 2.45) is 0 Å². The number of benzene rings is 1. The van der Waals surface area contributed by atoms with Crippen LogP contribution >= 0.6 is 0 Å². The highest BCUT2D eigenvalue weighted by Gasteiger charge is 2.24. The van der Waals surface area contributed by atoms with Crippen molar-refractivity contribution < 1.29 is 13.5 Å². The Morgan fingerprint density at radius 2 is 1.81 bits per heavy atom. The van der Waals surface area contributed by atoms with Gasteiger partial charge in [0.25, 0.3) is 10.0 Å².